The minimum Gasteiger partial charge on any atom is -0.458 e. The second-order valence-corrected chi connectivity index (χ2v) is 16.6. The van der Waals surface area contributed by atoms with Gasteiger partial charge in [-0.1, -0.05) is 154 Å². The zero-order valence-corrected chi connectivity index (χ0v) is 35.5. The van der Waals surface area contributed by atoms with Crippen LogP contribution in [0, 0.1) is 17.7 Å². The van der Waals surface area contributed by atoms with Crippen LogP contribution in [0.4, 0.5) is 0 Å². The molecule has 3 heterocycles. The topological polar surface area (TPSA) is 59.6 Å². The first kappa shape index (κ1) is 29.7. The van der Waals surface area contributed by atoms with E-state index < -0.39 is 60.4 Å². The maximum atomic E-state index is 9.73. The van der Waals surface area contributed by atoms with Crippen LogP contribution in [0.15, 0.2) is 206 Å². The Morgan fingerprint density at radius 3 is 2.02 bits per heavy atom. The number of hydrogen-bond acceptors (Lipinski definition) is 3. The number of fused-ring (bicyclic) bond motifs is 4. The van der Waals surface area contributed by atoms with Crippen molar-refractivity contribution >= 4 is 32.8 Å². The highest BCUT2D eigenvalue weighted by Gasteiger charge is 2.23. The number of rotatable bonds is 8. The second kappa shape index (κ2) is 16.0. The molecule has 0 N–H and O–H groups in total. The molecular weight excluding hydrogens is 795 g/mol. The number of nitrogens with zero attached hydrogens (tertiary/aromatic N) is 5. The number of benzene rings is 8. The third-order valence-corrected chi connectivity index (χ3v) is 11.6. The quantitative estimate of drug-likeness (QED) is 0.113. The van der Waals surface area contributed by atoms with Crippen molar-refractivity contribution in [2.75, 3.05) is 0 Å². The summed E-state index contributed by atoms with van der Waals surface area (Å²) in [6.07, 6.45) is 5.35. The lowest BCUT2D eigenvalue weighted by Crippen LogP contribution is -2.31. The number of nitriles is 1. The molecule has 0 radical (unpaired) electrons. The summed E-state index contributed by atoms with van der Waals surface area (Å²) in [4.78, 5) is 4.84. The molecule has 11 aromatic rings. The highest BCUT2D eigenvalue weighted by Crippen LogP contribution is 2.39. The number of hydrogen-bond donors (Lipinski definition) is 0. The Labute approximate surface area is 392 Å². The van der Waals surface area contributed by atoms with E-state index in [1.165, 1.54) is 0 Å². The molecule has 0 spiro atoms. The third kappa shape index (κ3) is 7.10. The van der Waals surface area contributed by atoms with Crippen LogP contribution in [0.5, 0.6) is 11.5 Å². The van der Waals surface area contributed by atoms with Crippen LogP contribution < -0.4 is 9.30 Å². The minimum atomic E-state index is -0.591. The summed E-state index contributed by atoms with van der Waals surface area (Å²) in [5.41, 5.74) is 6.49. The molecule has 0 atom stereocenters. The number of para-hydroxylation sites is 3. The maximum Gasteiger partial charge on any atom is 0.269 e. The van der Waals surface area contributed by atoms with Gasteiger partial charge >= 0.3 is 0 Å². The number of aromatic nitrogens is 4. The van der Waals surface area contributed by atoms with Gasteiger partial charge in [-0.3, -0.25) is 13.7 Å². The molecule has 0 amide bonds. The molecule has 0 bridgehead atoms. The third-order valence-electron chi connectivity index (χ3n) is 11.6. The molecular formula is C59H43N5O. The second-order valence-electron chi connectivity index (χ2n) is 16.6. The molecule has 0 fully saturated rings. The van der Waals surface area contributed by atoms with Gasteiger partial charge in [-0.15, -0.1) is 0 Å². The molecule has 8 aromatic carbocycles. The summed E-state index contributed by atoms with van der Waals surface area (Å²) in [6, 6.07) is 39.8. The molecule has 65 heavy (non-hydrogen) atoms. The maximum absolute atomic E-state index is 9.73. The van der Waals surface area contributed by atoms with E-state index in [0.29, 0.717) is 39.3 Å². The molecule has 11 rings (SSSR count). The van der Waals surface area contributed by atoms with Crippen molar-refractivity contribution in [3.05, 3.63) is 224 Å². The normalized spacial score (nSPS) is 13.8. The summed E-state index contributed by atoms with van der Waals surface area (Å²) >= 11 is 0. The van der Waals surface area contributed by atoms with Gasteiger partial charge in [0.05, 0.1) is 58.8 Å². The van der Waals surface area contributed by atoms with Gasteiger partial charge in [0.1, 0.15) is 17.3 Å². The van der Waals surface area contributed by atoms with Crippen LogP contribution in [0.2, 0.25) is 0 Å². The fourth-order valence-electron chi connectivity index (χ4n) is 8.51. The van der Waals surface area contributed by atoms with Gasteiger partial charge in [-0.25, -0.2) is 4.98 Å². The lowest BCUT2D eigenvalue weighted by atomic mass is 9.88. The molecule has 0 aliphatic heterocycles. The van der Waals surface area contributed by atoms with Gasteiger partial charge in [0.15, 0.2) is 0 Å². The highest BCUT2D eigenvalue weighted by atomic mass is 16.5. The van der Waals surface area contributed by atoms with Crippen molar-refractivity contribution in [3.8, 4) is 68.1 Å². The Morgan fingerprint density at radius 2 is 1.29 bits per heavy atom. The van der Waals surface area contributed by atoms with Gasteiger partial charge in [0, 0.05) is 23.0 Å². The fourth-order valence-corrected chi connectivity index (χ4v) is 8.51. The summed E-state index contributed by atoms with van der Waals surface area (Å²) < 4.78 is 100. The Hall–Kier alpha value is -8.53. The smallest absolute Gasteiger partial charge is 0.269 e. The predicted octanol–water partition coefficient (Wildman–Crippen LogP) is 14.2. The van der Waals surface area contributed by atoms with Gasteiger partial charge in [-0.05, 0) is 105 Å². The van der Waals surface area contributed by atoms with E-state index in [1.807, 2.05) is 97.2 Å². The van der Waals surface area contributed by atoms with E-state index >= 15 is 0 Å². The molecule has 0 unspecified atom stereocenters. The largest absolute Gasteiger partial charge is 0.458 e. The van der Waals surface area contributed by atoms with Gasteiger partial charge in [-0.2, -0.15) is 5.26 Å². The molecule has 0 saturated carbocycles. The van der Waals surface area contributed by atoms with E-state index in [1.54, 1.807) is 39.5 Å². The lowest BCUT2D eigenvalue weighted by Gasteiger charge is -2.20. The van der Waals surface area contributed by atoms with Gasteiger partial charge in [0.2, 0.25) is 0 Å². The summed E-state index contributed by atoms with van der Waals surface area (Å²) in [6.45, 7) is 6.52. The minimum absolute atomic E-state index is 0.110. The number of pyridine rings is 1. The SMILES string of the molecule is [2H]c1c([2H])c([2H])c(-c2cccc(-c3c([2H])c([2H])c([2H])c([2H])c3[2H])c2-[n+]2[c-]n(-c3cccc(Oc4ccc5c6ccccc6n(-c6cc(C(C)(C)C)ccn6)c5c4)c3)c3c(-c4ccc(C#N)cc4)cccc32)c([2H])c1[2H]. The van der Waals surface area contributed by atoms with E-state index in [2.05, 4.69) is 55.9 Å². The summed E-state index contributed by atoms with van der Waals surface area (Å²) in [7, 11) is 0. The Morgan fingerprint density at radius 1 is 0.631 bits per heavy atom. The summed E-state index contributed by atoms with van der Waals surface area (Å²) in [5.74, 6) is 1.80. The average molecular weight is 848 g/mol. The van der Waals surface area contributed by atoms with Crippen molar-refractivity contribution in [1.82, 2.24) is 14.1 Å². The van der Waals surface area contributed by atoms with E-state index in [0.717, 1.165) is 38.8 Å². The van der Waals surface area contributed by atoms with Crippen molar-refractivity contribution in [1.29, 1.82) is 5.26 Å². The predicted molar refractivity (Wildman–Crippen MR) is 262 cm³/mol. The average Bonchev–Trinajstić information content (AvgIpc) is 3.99. The van der Waals surface area contributed by atoms with Crippen molar-refractivity contribution < 1.29 is 23.0 Å². The molecule has 310 valence electrons. The molecule has 3 aromatic heterocycles. The fraction of sp³-hybridized carbons (Fsp3) is 0.0678. The van der Waals surface area contributed by atoms with Crippen molar-refractivity contribution in [3.63, 3.8) is 0 Å². The van der Waals surface area contributed by atoms with Crippen LogP contribution in [-0.2, 0) is 5.41 Å². The van der Waals surface area contributed by atoms with E-state index in [4.69, 9.17) is 23.4 Å². The van der Waals surface area contributed by atoms with Crippen LogP contribution in [0.3, 0.4) is 0 Å². The zero-order valence-electron chi connectivity index (χ0n) is 45.5. The summed E-state index contributed by atoms with van der Waals surface area (Å²) in [5, 5.41) is 11.8. The van der Waals surface area contributed by atoms with E-state index in [9.17, 15) is 5.26 Å². The molecule has 0 aliphatic carbocycles. The Bertz CT molecular complexity index is 4080. The van der Waals surface area contributed by atoms with Crippen molar-refractivity contribution in [2.24, 2.45) is 0 Å². The van der Waals surface area contributed by atoms with Crippen LogP contribution in [0.1, 0.15) is 45.6 Å². The first-order valence-electron chi connectivity index (χ1n) is 26.0. The molecule has 0 aliphatic rings. The Balaban J connectivity index is 1.15. The first-order chi connectivity index (χ1) is 36.0. The van der Waals surface area contributed by atoms with E-state index in [-0.39, 0.29) is 33.4 Å². The number of imidazole rings is 1. The monoisotopic (exact) mass is 847 g/mol. The lowest BCUT2D eigenvalue weighted by molar-refractivity contribution is -0.571. The van der Waals surface area contributed by atoms with Gasteiger partial charge in [0.25, 0.3) is 6.33 Å². The van der Waals surface area contributed by atoms with Crippen LogP contribution >= 0.6 is 0 Å². The Kier molecular flexibility index (Phi) is 7.31. The molecule has 6 heteroatoms. The first-order valence-corrected chi connectivity index (χ1v) is 21.0. The zero-order chi connectivity index (χ0) is 52.8. The van der Waals surface area contributed by atoms with Gasteiger partial charge < -0.3 is 4.74 Å². The molecule has 0 saturated heterocycles. The van der Waals surface area contributed by atoms with Crippen LogP contribution in [-0.4, -0.2) is 14.1 Å². The highest BCUT2D eigenvalue weighted by molar-refractivity contribution is 6.09. The molecule has 6 nitrogen and oxygen atoms in total. The van der Waals surface area contributed by atoms with Crippen LogP contribution in [0.25, 0.3) is 83.4 Å². The number of ether oxygens (including phenoxy) is 1. The van der Waals surface area contributed by atoms with Crippen molar-refractivity contribution in [2.45, 2.75) is 26.2 Å². The standard InChI is InChI=1S/C59H43N5O/c1-59(2,3)44-33-34-61-56(35-44)64-53-25-11-10-21-51(53)52-32-31-47(37-55(52)64)65-46-20-12-19-45(36-46)62-39-63(54-26-14-24-50(58(54)62)43-29-27-40(38-60)28-30-43)57-48(41-15-6-4-7-16-41)22-13-23-49(57)42-17-8-5-9-18-42/h4-37H,1-3H3/i4D,5D,6D,7D,8D,9D,15D,16D,17D,18D.